The monoisotopic (exact) mass is 352 g/mol. The number of nitrogens with one attached hydrogen (secondary N) is 1. The Morgan fingerprint density at radius 3 is 2.71 bits per heavy atom. The Bertz CT molecular complexity index is 542. The van der Waals surface area contributed by atoms with E-state index in [9.17, 15) is 4.79 Å². The minimum Gasteiger partial charge on any atom is -0.493 e. The van der Waals surface area contributed by atoms with Gasteiger partial charge in [0.2, 0.25) is 0 Å². The summed E-state index contributed by atoms with van der Waals surface area (Å²) in [7, 11) is 3.43. The largest absolute Gasteiger partial charge is 0.493 e. The van der Waals surface area contributed by atoms with Crippen LogP contribution in [-0.4, -0.2) is 44.6 Å². The van der Waals surface area contributed by atoms with Crippen LogP contribution in [0.5, 0.6) is 5.75 Å². The number of hydrogen-bond acceptors (Lipinski definition) is 3. The third kappa shape index (κ3) is 5.67. The standard InChI is InChI=1S/C19H29ClN2O2/c1-14(4-5-15-8-10-21-11-9-15)13-24-16-6-7-17(18(20)12-16)19(23)22(2)3/h6-7,12,14-15,21H,4-5,8-11,13H2,1-3H3. The smallest absolute Gasteiger partial charge is 0.254 e. The molecule has 1 unspecified atom stereocenters. The number of hydrogen-bond donors (Lipinski definition) is 1. The molecule has 1 aliphatic heterocycles. The Kier molecular flexibility index (Phi) is 7.38. The highest BCUT2D eigenvalue weighted by atomic mass is 35.5. The molecular formula is C19H29ClN2O2. The minimum absolute atomic E-state index is 0.0955. The number of amides is 1. The van der Waals surface area contributed by atoms with Crippen LogP contribution in [0.1, 0.15) is 43.0 Å². The van der Waals surface area contributed by atoms with Gasteiger partial charge in [-0.15, -0.1) is 0 Å². The first-order valence-electron chi connectivity index (χ1n) is 8.82. The van der Waals surface area contributed by atoms with Gasteiger partial charge in [0.05, 0.1) is 17.2 Å². The molecule has 0 bridgehead atoms. The molecule has 2 rings (SSSR count). The van der Waals surface area contributed by atoms with Crippen LogP contribution in [0.3, 0.4) is 0 Å². The van der Waals surface area contributed by atoms with Crippen LogP contribution in [-0.2, 0) is 0 Å². The van der Waals surface area contributed by atoms with Crippen molar-refractivity contribution in [2.45, 2.75) is 32.6 Å². The number of piperidine rings is 1. The number of halogens is 1. The number of benzene rings is 1. The van der Waals surface area contributed by atoms with E-state index in [0.717, 1.165) is 24.8 Å². The highest BCUT2D eigenvalue weighted by Crippen LogP contribution is 2.25. The summed E-state index contributed by atoms with van der Waals surface area (Å²) in [5.74, 6) is 2.01. The van der Waals surface area contributed by atoms with Gasteiger partial charge in [-0.3, -0.25) is 4.79 Å². The normalized spacial score (nSPS) is 16.7. The second-order valence-electron chi connectivity index (χ2n) is 7.03. The van der Waals surface area contributed by atoms with Gasteiger partial charge in [-0.2, -0.15) is 0 Å². The SMILES string of the molecule is CC(CCC1CCNCC1)COc1ccc(C(=O)N(C)C)c(Cl)c1. The van der Waals surface area contributed by atoms with Gasteiger partial charge in [-0.05, 0) is 68.8 Å². The lowest BCUT2D eigenvalue weighted by Gasteiger charge is -2.23. The Labute approximate surface area is 150 Å². The van der Waals surface area contributed by atoms with Gasteiger partial charge in [0.25, 0.3) is 5.91 Å². The van der Waals surface area contributed by atoms with Crippen molar-refractivity contribution in [1.29, 1.82) is 0 Å². The molecule has 24 heavy (non-hydrogen) atoms. The van der Waals surface area contributed by atoms with Crippen molar-refractivity contribution < 1.29 is 9.53 Å². The first kappa shape index (κ1) is 19.1. The first-order valence-corrected chi connectivity index (χ1v) is 9.20. The predicted molar refractivity (Wildman–Crippen MR) is 99.0 cm³/mol. The fraction of sp³-hybridized carbons (Fsp3) is 0.632. The van der Waals surface area contributed by atoms with E-state index in [0.29, 0.717) is 23.1 Å². The summed E-state index contributed by atoms with van der Waals surface area (Å²) in [4.78, 5) is 13.5. The van der Waals surface area contributed by atoms with Crippen molar-refractivity contribution in [3.8, 4) is 5.75 Å². The Morgan fingerprint density at radius 1 is 1.38 bits per heavy atom. The summed E-state index contributed by atoms with van der Waals surface area (Å²) in [5.41, 5.74) is 0.507. The zero-order valence-corrected chi connectivity index (χ0v) is 15.7. The summed E-state index contributed by atoms with van der Waals surface area (Å²) in [6.07, 6.45) is 5.06. The van der Waals surface area contributed by atoms with Crippen molar-refractivity contribution in [2.75, 3.05) is 33.8 Å². The molecule has 4 nitrogen and oxygen atoms in total. The molecule has 1 N–H and O–H groups in total. The molecule has 134 valence electrons. The molecule has 0 saturated carbocycles. The molecule has 1 aliphatic rings. The topological polar surface area (TPSA) is 41.6 Å². The molecule has 0 aliphatic carbocycles. The molecule has 1 amide bonds. The predicted octanol–water partition coefficient (Wildman–Crippen LogP) is 3.84. The molecule has 1 aromatic rings. The third-order valence-corrected chi connectivity index (χ3v) is 4.95. The van der Waals surface area contributed by atoms with E-state index >= 15 is 0 Å². The second-order valence-corrected chi connectivity index (χ2v) is 7.44. The maximum atomic E-state index is 12.0. The van der Waals surface area contributed by atoms with Crippen LogP contribution >= 0.6 is 11.6 Å². The fourth-order valence-corrected chi connectivity index (χ4v) is 3.26. The van der Waals surface area contributed by atoms with Crippen LogP contribution in [0.4, 0.5) is 0 Å². The number of nitrogens with zero attached hydrogens (tertiary/aromatic N) is 1. The van der Waals surface area contributed by atoms with E-state index in [4.69, 9.17) is 16.3 Å². The zero-order chi connectivity index (χ0) is 17.5. The Balaban J connectivity index is 1.78. The molecule has 1 fully saturated rings. The number of carbonyl (C=O) groups excluding carboxylic acids is 1. The van der Waals surface area contributed by atoms with Crippen molar-refractivity contribution in [1.82, 2.24) is 10.2 Å². The van der Waals surface area contributed by atoms with Gasteiger partial charge in [-0.1, -0.05) is 18.5 Å². The maximum absolute atomic E-state index is 12.0. The molecule has 0 aromatic heterocycles. The maximum Gasteiger partial charge on any atom is 0.254 e. The van der Waals surface area contributed by atoms with Gasteiger partial charge in [-0.25, -0.2) is 0 Å². The number of carbonyl (C=O) groups is 1. The highest BCUT2D eigenvalue weighted by molar-refractivity contribution is 6.34. The Hall–Kier alpha value is -1.26. The lowest BCUT2D eigenvalue weighted by molar-refractivity contribution is 0.0827. The second kappa shape index (κ2) is 9.28. The van der Waals surface area contributed by atoms with E-state index in [1.54, 1.807) is 26.2 Å². The number of rotatable bonds is 7. The van der Waals surface area contributed by atoms with Gasteiger partial charge in [0, 0.05) is 14.1 Å². The molecule has 1 atom stereocenters. The van der Waals surface area contributed by atoms with Crippen LogP contribution in [0.2, 0.25) is 5.02 Å². The lowest BCUT2D eigenvalue weighted by Crippen LogP contribution is -2.28. The Morgan fingerprint density at radius 2 is 2.08 bits per heavy atom. The minimum atomic E-state index is -0.0955. The lowest BCUT2D eigenvalue weighted by atomic mass is 9.90. The molecule has 1 heterocycles. The van der Waals surface area contributed by atoms with Gasteiger partial charge in [0.1, 0.15) is 5.75 Å². The van der Waals surface area contributed by atoms with Crippen LogP contribution in [0.15, 0.2) is 18.2 Å². The fourth-order valence-electron chi connectivity index (χ4n) is 3.01. The van der Waals surface area contributed by atoms with Crippen LogP contribution < -0.4 is 10.1 Å². The van der Waals surface area contributed by atoms with E-state index in [2.05, 4.69) is 12.2 Å². The third-order valence-electron chi connectivity index (χ3n) is 4.64. The average molecular weight is 353 g/mol. The summed E-state index contributed by atoms with van der Waals surface area (Å²) >= 11 is 6.21. The first-order chi connectivity index (χ1) is 11.5. The van der Waals surface area contributed by atoms with Crippen molar-refractivity contribution in [3.05, 3.63) is 28.8 Å². The van der Waals surface area contributed by atoms with Crippen molar-refractivity contribution in [2.24, 2.45) is 11.8 Å². The summed E-state index contributed by atoms with van der Waals surface area (Å²) in [5, 5.41) is 3.85. The quantitative estimate of drug-likeness (QED) is 0.810. The van der Waals surface area contributed by atoms with Crippen LogP contribution in [0.25, 0.3) is 0 Å². The van der Waals surface area contributed by atoms with E-state index in [1.165, 1.54) is 30.6 Å². The van der Waals surface area contributed by atoms with Crippen molar-refractivity contribution in [3.63, 3.8) is 0 Å². The van der Waals surface area contributed by atoms with Gasteiger partial charge in [0.15, 0.2) is 0 Å². The summed E-state index contributed by atoms with van der Waals surface area (Å²) in [6.45, 7) is 5.23. The molecule has 0 radical (unpaired) electrons. The van der Waals surface area contributed by atoms with E-state index < -0.39 is 0 Å². The molecule has 1 saturated heterocycles. The van der Waals surface area contributed by atoms with Crippen LogP contribution in [0, 0.1) is 11.8 Å². The molecule has 1 aromatic carbocycles. The molecule has 0 spiro atoms. The van der Waals surface area contributed by atoms with E-state index in [1.807, 2.05) is 6.07 Å². The van der Waals surface area contributed by atoms with Crippen molar-refractivity contribution >= 4 is 17.5 Å². The average Bonchev–Trinajstić information content (AvgIpc) is 2.58. The zero-order valence-electron chi connectivity index (χ0n) is 15.0. The van der Waals surface area contributed by atoms with Gasteiger partial charge >= 0.3 is 0 Å². The summed E-state index contributed by atoms with van der Waals surface area (Å²) in [6, 6.07) is 5.29. The van der Waals surface area contributed by atoms with Gasteiger partial charge < -0.3 is 15.0 Å². The number of ether oxygens (including phenoxy) is 1. The van der Waals surface area contributed by atoms with E-state index in [-0.39, 0.29) is 5.91 Å². The highest BCUT2D eigenvalue weighted by Gasteiger charge is 2.15. The molecular weight excluding hydrogens is 324 g/mol. The molecule has 5 heteroatoms. The summed E-state index contributed by atoms with van der Waals surface area (Å²) < 4.78 is 5.86.